The highest BCUT2D eigenvalue weighted by Gasteiger charge is 2.36. The normalized spacial score (nSPS) is 17.7. The zero-order valence-corrected chi connectivity index (χ0v) is 26.0. The quantitative estimate of drug-likeness (QED) is 0.306. The first-order valence-electron chi connectivity index (χ1n) is 14.1. The monoisotopic (exact) mass is 639 g/mol. The zero-order chi connectivity index (χ0) is 30.4. The average Bonchev–Trinajstić information content (AvgIpc) is 3.48. The molecule has 1 atom stereocenters. The van der Waals surface area contributed by atoms with E-state index in [1.54, 1.807) is 29.2 Å². The molecule has 0 saturated heterocycles. The number of H-pyrrole nitrogens is 1. The van der Waals surface area contributed by atoms with Crippen LogP contribution >= 0.6 is 15.9 Å². The van der Waals surface area contributed by atoms with Crippen molar-refractivity contribution in [3.05, 3.63) is 58.1 Å². The van der Waals surface area contributed by atoms with E-state index < -0.39 is 23.6 Å². The van der Waals surface area contributed by atoms with Gasteiger partial charge in [0.15, 0.2) is 5.82 Å². The third kappa shape index (κ3) is 8.15. The van der Waals surface area contributed by atoms with Gasteiger partial charge in [-0.2, -0.15) is 0 Å². The minimum Gasteiger partial charge on any atom is -0.444 e. The molecular weight excluding hydrogens is 602 g/mol. The van der Waals surface area contributed by atoms with Crippen LogP contribution in [-0.4, -0.2) is 56.7 Å². The van der Waals surface area contributed by atoms with E-state index >= 15 is 0 Å². The van der Waals surface area contributed by atoms with Gasteiger partial charge in [0.25, 0.3) is 0 Å². The third-order valence-corrected chi connectivity index (χ3v) is 8.29. The second-order valence-electron chi connectivity index (χ2n) is 11.8. The van der Waals surface area contributed by atoms with Gasteiger partial charge in [-0.3, -0.25) is 14.5 Å². The summed E-state index contributed by atoms with van der Waals surface area (Å²) in [6.45, 7) is 7.95. The average molecular weight is 641 g/mol. The highest BCUT2D eigenvalue weighted by molar-refractivity contribution is 9.10. The predicted molar refractivity (Wildman–Crippen MR) is 162 cm³/mol. The van der Waals surface area contributed by atoms with E-state index in [0.717, 1.165) is 34.0 Å². The van der Waals surface area contributed by atoms with Gasteiger partial charge >= 0.3 is 6.09 Å². The maximum absolute atomic E-state index is 14.2. The molecule has 0 aliphatic heterocycles. The number of halogens is 1. The number of primary amides is 1. The van der Waals surface area contributed by atoms with Gasteiger partial charge in [0.1, 0.15) is 11.6 Å². The molecule has 2 aromatic carbocycles. The Balaban J connectivity index is 1.53. The molecule has 1 aliphatic rings. The minimum atomic E-state index is -0.892. The molecule has 1 heterocycles. The van der Waals surface area contributed by atoms with Crippen LogP contribution in [0.4, 0.5) is 10.5 Å². The second-order valence-corrected chi connectivity index (χ2v) is 12.7. The molecule has 3 aromatic rings. The van der Waals surface area contributed by atoms with Crippen molar-refractivity contribution in [2.75, 3.05) is 11.4 Å². The lowest BCUT2D eigenvalue weighted by Gasteiger charge is -2.36. The Morgan fingerprint density at radius 1 is 1.12 bits per heavy atom. The van der Waals surface area contributed by atoms with E-state index in [9.17, 15) is 14.4 Å². The number of anilines is 1. The lowest BCUT2D eigenvalue weighted by molar-refractivity contribution is -0.127. The van der Waals surface area contributed by atoms with Gasteiger partial charge in [0, 0.05) is 34.6 Å². The minimum absolute atomic E-state index is 0.141. The molecule has 224 valence electrons. The summed E-state index contributed by atoms with van der Waals surface area (Å²) in [5.41, 5.74) is 8.67. The van der Waals surface area contributed by atoms with Gasteiger partial charge in [-0.1, -0.05) is 28.1 Å². The second kappa shape index (κ2) is 13.5. The first kappa shape index (κ1) is 31.1. The molecule has 4 N–H and O–H groups in total. The number of carbonyl (C=O) groups is 3. The van der Waals surface area contributed by atoms with Crippen LogP contribution in [0, 0.1) is 18.8 Å². The molecule has 12 heteroatoms. The summed E-state index contributed by atoms with van der Waals surface area (Å²) in [4.78, 5) is 40.8. The van der Waals surface area contributed by atoms with Crippen LogP contribution in [0.5, 0.6) is 0 Å². The van der Waals surface area contributed by atoms with Crippen LogP contribution in [0.25, 0.3) is 11.4 Å². The van der Waals surface area contributed by atoms with E-state index in [1.165, 1.54) is 0 Å². The molecular formula is C30H38BrN7O4. The highest BCUT2D eigenvalue weighted by Crippen LogP contribution is 2.33. The number of aromatic amines is 1. The number of rotatable bonds is 9. The molecule has 1 aromatic heterocycles. The molecule has 4 rings (SSSR count). The lowest BCUT2D eigenvalue weighted by Crippen LogP contribution is -2.52. The molecule has 1 fully saturated rings. The summed E-state index contributed by atoms with van der Waals surface area (Å²) < 4.78 is 6.26. The Morgan fingerprint density at radius 2 is 1.81 bits per heavy atom. The first-order valence-corrected chi connectivity index (χ1v) is 14.9. The van der Waals surface area contributed by atoms with Crippen LogP contribution in [0.15, 0.2) is 46.9 Å². The molecule has 3 amide bonds. The van der Waals surface area contributed by atoms with Crippen LogP contribution in [0.3, 0.4) is 0 Å². The Bertz CT molecular complexity index is 1380. The van der Waals surface area contributed by atoms with Crippen molar-refractivity contribution in [3.8, 4) is 11.4 Å². The zero-order valence-electron chi connectivity index (χ0n) is 24.4. The van der Waals surface area contributed by atoms with E-state index in [0.29, 0.717) is 30.9 Å². The Morgan fingerprint density at radius 3 is 2.38 bits per heavy atom. The third-order valence-electron chi connectivity index (χ3n) is 7.44. The standard InChI is InChI=1S/C30H38BrN7O4/c1-18-5-6-20(15-24(18)31)16-25(26(32)39)38(23-13-11-21(12-14-23)27-34-36-37-35-27)28(40)22-9-7-19(8-10-22)17-33-29(41)42-30(2,3)4/h5-6,11-15,19,22,25H,7-10,16-17H2,1-4H3,(H2,32,39)(H,33,41)(H,34,35,36,37)/t19-,22-,25-/m0/s1. The number of aryl methyl sites for hydroxylation is 1. The van der Waals surface area contributed by atoms with E-state index in [-0.39, 0.29) is 24.2 Å². The number of benzene rings is 2. The van der Waals surface area contributed by atoms with Crippen LogP contribution in [0.1, 0.15) is 57.6 Å². The fraction of sp³-hybridized carbons (Fsp3) is 0.467. The number of ether oxygens (including phenoxy) is 1. The van der Waals surface area contributed by atoms with Crippen LogP contribution in [0.2, 0.25) is 0 Å². The van der Waals surface area contributed by atoms with Crippen molar-refractivity contribution >= 4 is 39.5 Å². The summed E-state index contributed by atoms with van der Waals surface area (Å²) in [7, 11) is 0. The largest absolute Gasteiger partial charge is 0.444 e. The van der Waals surface area contributed by atoms with Crippen molar-refractivity contribution in [3.63, 3.8) is 0 Å². The number of hydrogen-bond acceptors (Lipinski definition) is 7. The number of nitrogens with one attached hydrogen (secondary N) is 2. The van der Waals surface area contributed by atoms with Crippen LogP contribution < -0.4 is 16.0 Å². The van der Waals surface area contributed by atoms with E-state index in [1.807, 2.05) is 45.9 Å². The number of nitrogens with zero attached hydrogens (tertiary/aromatic N) is 4. The van der Waals surface area contributed by atoms with Gasteiger partial charge in [0.2, 0.25) is 11.8 Å². The van der Waals surface area contributed by atoms with Crippen molar-refractivity contribution in [2.24, 2.45) is 17.6 Å². The predicted octanol–water partition coefficient (Wildman–Crippen LogP) is 4.70. The Kier molecular flexibility index (Phi) is 9.97. The fourth-order valence-corrected chi connectivity index (χ4v) is 5.61. The summed E-state index contributed by atoms with van der Waals surface area (Å²) in [6, 6.07) is 12.2. The summed E-state index contributed by atoms with van der Waals surface area (Å²) in [5, 5.41) is 16.8. The van der Waals surface area contributed by atoms with Gasteiger partial charge < -0.3 is 15.8 Å². The first-order chi connectivity index (χ1) is 19.9. The topological polar surface area (TPSA) is 156 Å². The molecule has 1 aliphatic carbocycles. The summed E-state index contributed by atoms with van der Waals surface area (Å²) in [6.07, 6.45) is 2.64. The Labute approximate surface area is 254 Å². The summed E-state index contributed by atoms with van der Waals surface area (Å²) in [5.74, 6) is -0.278. The van der Waals surface area contributed by atoms with Gasteiger partial charge in [-0.05, 0) is 111 Å². The van der Waals surface area contributed by atoms with E-state index in [4.69, 9.17) is 10.5 Å². The van der Waals surface area contributed by atoms with Crippen molar-refractivity contribution in [1.82, 2.24) is 25.9 Å². The van der Waals surface area contributed by atoms with Crippen LogP contribution in [-0.2, 0) is 20.7 Å². The van der Waals surface area contributed by atoms with Gasteiger partial charge in [-0.25, -0.2) is 9.89 Å². The smallest absolute Gasteiger partial charge is 0.407 e. The molecule has 1 saturated carbocycles. The Hall–Kier alpha value is -3.80. The molecule has 42 heavy (non-hydrogen) atoms. The van der Waals surface area contributed by atoms with Crippen molar-refractivity contribution in [2.45, 2.75) is 71.4 Å². The van der Waals surface area contributed by atoms with Crippen molar-refractivity contribution in [1.29, 1.82) is 0 Å². The van der Waals surface area contributed by atoms with Gasteiger partial charge in [-0.15, -0.1) is 5.10 Å². The molecule has 11 nitrogen and oxygen atoms in total. The maximum Gasteiger partial charge on any atom is 0.407 e. The molecule has 0 radical (unpaired) electrons. The lowest BCUT2D eigenvalue weighted by atomic mass is 9.81. The molecule has 0 bridgehead atoms. The number of hydrogen-bond donors (Lipinski definition) is 3. The molecule has 0 spiro atoms. The summed E-state index contributed by atoms with van der Waals surface area (Å²) >= 11 is 3.56. The highest BCUT2D eigenvalue weighted by atomic mass is 79.9. The SMILES string of the molecule is Cc1ccc(C[C@@H](C(N)=O)N(c2ccc(-c3nnn[nH]3)cc2)C(=O)[C@H]2CC[C@H](CNC(=O)OC(C)(C)C)CC2)cc1Br. The molecule has 0 unspecified atom stereocenters. The van der Waals surface area contributed by atoms with Crippen molar-refractivity contribution < 1.29 is 19.1 Å². The number of alkyl carbamates (subject to hydrolysis) is 1. The number of nitrogens with two attached hydrogens (primary N) is 1. The fourth-order valence-electron chi connectivity index (χ4n) is 5.18. The number of amides is 3. The number of aromatic nitrogens is 4. The number of carbonyl (C=O) groups excluding carboxylic acids is 3. The maximum atomic E-state index is 14.2. The number of tetrazole rings is 1. The van der Waals surface area contributed by atoms with E-state index in [2.05, 4.69) is 41.9 Å². The van der Waals surface area contributed by atoms with Gasteiger partial charge in [0.05, 0.1) is 0 Å².